The second-order valence-electron chi connectivity index (χ2n) is 7.26. The quantitative estimate of drug-likeness (QED) is 0.468. The lowest BCUT2D eigenvalue weighted by molar-refractivity contribution is 0.0224. The van der Waals surface area contributed by atoms with Gasteiger partial charge in [-0.15, -0.1) is 0 Å². The lowest BCUT2D eigenvalue weighted by Gasteiger charge is -2.39. The van der Waals surface area contributed by atoms with Crippen molar-refractivity contribution in [3.05, 3.63) is 18.2 Å². The van der Waals surface area contributed by atoms with Crippen LogP contribution in [-0.4, -0.2) is 19.4 Å². The number of benzene rings is 1. The Morgan fingerprint density at radius 2 is 2.09 bits per heavy atom. The van der Waals surface area contributed by atoms with E-state index in [2.05, 4.69) is 26.1 Å². The fourth-order valence-electron chi connectivity index (χ4n) is 3.62. The number of ether oxygens (including phenoxy) is 2. The first-order valence-electron chi connectivity index (χ1n) is 8.26. The topological polar surface area (TPSA) is 56.5 Å². The third-order valence-electron chi connectivity index (χ3n) is 4.28. The van der Waals surface area contributed by atoms with Crippen molar-refractivity contribution in [2.45, 2.75) is 53.0 Å². The van der Waals surface area contributed by atoms with Crippen molar-refractivity contribution in [3.63, 3.8) is 0 Å². The molecule has 0 radical (unpaired) electrons. The van der Waals surface area contributed by atoms with E-state index in [9.17, 15) is 0 Å². The average molecular weight is 306 g/mol. The van der Waals surface area contributed by atoms with Gasteiger partial charge in [0.1, 0.15) is 5.75 Å². The van der Waals surface area contributed by atoms with Crippen LogP contribution in [0.15, 0.2) is 18.2 Å². The van der Waals surface area contributed by atoms with Crippen molar-refractivity contribution < 1.29 is 9.47 Å². The summed E-state index contributed by atoms with van der Waals surface area (Å²) in [5, 5.41) is 3.62. The SMILES string of the molecule is CCOCOc1ccc(N)c(N[C@H]2C[C@@H](C)CC(C)(C)C2)c1. The highest BCUT2D eigenvalue weighted by Crippen LogP contribution is 2.40. The van der Waals surface area contributed by atoms with Crippen LogP contribution in [0.25, 0.3) is 0 Å². The summed E-state index contributed by atoms with van der Waals surface area (Å²) in [5.74, 6) is 1.52. The van der Waals surface area contributed by atoms with Crippen LogP contribution in [0, 0.1) is 11.3 Å². The molecule has 1 aliphatic carbocycles. The fraction of sp³-hybridized carbons (Fsp3) is 0.667. The molecule has 0 aliphatic heterocycles. The molecule has 0 heterocycles. The Balaban J connectivity index is 2.03. The van der Waals surface area contributed by atoms with E-state index in [1.807, 2.05) is 25.1 Å². The zero-order valence-electron chi connectivity index (χ0n) is 14.3. The van der Waals surface area contributed by atoms with Crippen molar-refractivity contribution in [1.29, 1.82) is 0 Å². The van der Waals surface area contributed by atoms with Crippen LogP contribution >= 0.6 is 0 Å². The predicted molar refractivity (Wildman–Crippen MR) is 92.2 cm³/mol. The summed E-state index contributed by atoms with van der Waals surface area (Å²) < 4.78 is 10.8. The molecule has 0 bridgehead atoms. The fourth-order valence-corrected chi connectivity index (χ4v) is 3.62. The minimum atomic E-state index is 0.271. The van der Waals surface area contributed by atoms with E-state index in [1.165, 1.54) is 19.3 Å². The number of nitrogens with one attached hydrogen (secondary N) is 1. The van der Waals surface area contributed by atoms with E-state index < -0.39 is 0 Å². The monoisotopic (exact) mass is 306 g/mol. The molecule has 3 N–H and O–H groups in total. The van der Waals surface area contributed by atoms with E-state index in [0.29, 0.717) is 18.1 Å². The highest BCUT2D eigenvalue weighted by molar-refractivity contribution is 5.68. The smallest absolute Gasteiger partial charge is 0.189 e. The first kappa shape index (κ1) is 16.9. The molecule has 0 amide bonds. The number of hydrogen-bond acceptors (Lipinski definition) is 4. The van der Waals surface area contributed by atoms with Gasteiger partial charge < -0.3 is 20.5 Å². The number of nitrogen functional groups attached to an aromatic ring is 1. The van der Waals surface area contributed by atoms with Gasteiger partial charge in [0, 0.05) is 18.7 Å². The van der Waals surface area contributed by atoms with Gasteiger partial charge in [0.25, 0.3) is 0 Å². The maximum absolute atomic E-state index is 6.11. The van der Waals surface area contributed by atoms with Gasteiger partial charge in [0.05, 0.1) is 11.4 Å². The van der Waals surface area contributed by atoms with Gasteiger partial charge in [0.2, 0.25) is 0 Å². The van der Waals surface area contributed by atoms with Crippen molar-refractivity contribution in [2.24, 2.45) is 11.3 Å². The molecular formula is C18H30N2O2. The summed E-state index contributed by atoms with van der Waals surface area (Å²) in [6.07, 6.45) is 3.64. The molecule has 2 atom stereocenters. The van der Waals surface area contributed by atoms with Crippen molar-refractivity contribution in [3.8, 4) is 5.75 Å². The number of nitrogens with two attached hydrogens (primary N) is 1. The van der Waals surface area contributed by atoms with E-state index in [0.717, 1.165) is 23.0 Å². The number of anilines is 2. The molecule has 22 heavy (non-hydrogen) atoms. The molecule has 4 nitrogen and oxygen atoms in total. The van der Waals surface area contributed by atoms with Gasteiger partial charge in [0.15, 0.2) is 6.79 Å². The van der Waals surface area contributed by atoms with Crippen molar-refractivity contribution >= 4 is 11.4 Å². The minimum absolute atomic E-state index is 0.271. The minimum Gasteiger partial charge on any atom is -0.467 e. The lowest BCUT2D eigenvalue weighted by atomic mass is 9.70. The normalized spacial score (nSPS) is 24.0. The standard InChI is InChI=1S/C18H30N2O2/c1-5-21-12-22-15-6-7-16(19)17(9-15)20-14-8-13(2)10-18(3,4)11-14/h6-7,9,13-14,20H,5,8,10-12,19H2,1-4H3/t13-,14+/m1/s1. The summed E-state index contributed by atoms with van der Waals surface area (Å²) in [5.41, 5.74) is 8.22. The van der Waals surface area contributed by atoms with Crippen molar-refractivity contribution in [1.82, 2.24) is 0 Å². The van der Waals surface area contributed by atoms with Gasteiger partial charge in [-0.3, -0.25) is 0 Å². The zero-order valence-corrected chi connectivity index (χ0v) is 14.3. The van der Waals surface area contributed by atoms with Gasteiger partial charge >= 0.3 is 0 Å². The van der Waals surface area contributed by atoms with Gasteiger partial charge in [-0.1, -0.05) is 20.8 Å². The summed E-state index contributed by atoms with van der Waals surface area (Å²) in [6, 6.07) is 6.21. The molecule has 0 spiro atoms. The molecule has 1 saturated carbocycles. The zero-order chi connectivity index (χ0) is 16.2. The molecule has 0 unspecified atom stereocenters. The molecule has 1 aromatic rings. The van der Waals surface area contributed by atoms with Crippen molar-refractivity contribution in [2.75, 3.05) is 24.5 Å². The highest BCUT2D eigenvalue weighted by atomic mass is 16.7. The Hall–Kier alpha value is -1.42. The third-order valence-corrected chi connectivity index (χ3v) is 4.28. The molecule has 0 aromatic heterocycles. The van der Waals surface area contributed by atoms with Crippen LogP contribution in [0.3, 0.4) is 0 Å². The maximum atomic E-state index is 6.11. The van der Waals surface area contributed by atoms with Gasteiger partial charge in [-0.05, 0) is 49.7 Å². The van der Waals surface area contributed by atoms with Crippen LogP contribution in [0.1, 0.15) is 47.0 Å². The van der Waals surface area contributed by atoms with Crippen LogP contribution in [-0.2, 0) is 4.74 Å². The molecule has 1 aromatic carbocycles. The van der Waals surface area contributed by atoms with Crippen LogP contribution in [0.5, 0.6) is 5.75 Å². The second-order valence-corrected chi connectivity index (χ2v) is 7.26. The first-order chi connectivity index (χ1) is 10.4. The molecule has 124 valence electrons. The second kappa shape index (κ2) is 7.23. The molecule has 1 fully saturated rings. The Bertz CT molecular complexity index is 488. The van der Waals surface area contributed by atoms with Crippen LogP contribution < -0.4 is 15.8 Å². The van der Waals surface area contributed by atoms with Gasteiger partial charge in [-0.25, -0.2) is 0 Å². The summed E-state index contributed by atoms with van der Waals surface area (Å²) >= 11 is 0. The summed E-state index contributed by atoms with van der Waals surface area (Å²) in [7, 11) is 0. The Labute approximate surface area is 134 Å². The lowest BCUT2D eigenvalue weighted by Crippen LogP contribution is -2.35. The molecule has 4 heteroatoms. The van der Waals surface area contributed by atoms with Crippen LogP contribution in [0.4, 0.5) is 11.4 Å². The van der Waals surface area contributed by atoms with Crippen LogP contribution in [0.2, 0.25) is 0 Å². The number of hydrogen-bond donors (Lipinski definition) is 2. The van der Waals surface area contributed by atoms with E-state index in [4.69, 9.17) is 15.2 Å². The van der Waals surface area contributed by atoms with Gasteiger partial charge in [-0.2, -0.15) is 0 Å². The highest BCUT2D eigenvalue weighted by Gasteiger charge is 2.32. The Morgan fingerprint density at radius 1 is 1.32 bits per heavy atom. The molecule has 2 rings (SSSR count). The van der Waals surface area contributed by atoms with E-state index >= 15 is 0 Å². The number of rotatable bonds is 6. The third kappa shape index (κ3) is 4.80. The Kier molecular flexibility index (Phi) is 5.57. The summed E-state index contributed by atoms with van der Waals surface area (Å²) in [6.45, 7) is 9.90. The largest absolute Gasteiger partial charge is 0.467 e. The summed E-state index contributed by atoms with van der Waals surface area (Å²) in [4.78, 5) is 0. The molecular weight excluding hydrogens is 276 g/mol. The van der Waals surface area contributed by atoms with E-state index in [-0.39, 0.29) is 6.79 Å². The first-order valence-corrected chi connectivity index (χ1v) is 8.26. The Morgan fingerprint density at radius 3 is 2.77 bits per heavy atom. The average Bonchev–Trinajstić information content (AvgIpc) is 2.40. The van der Waals surface area contributed by atoms with E-state index in [1.54, 1.807) is 0 Å². The predicted octanol–water partition coefficient (Wildman–Crippen LogP) is 4.27. The molecule has 1 aliphatic rings. The molecule has 0 saturated heterocycles. The maximum Gasteiger partial charge on any atom is 0.189 e.